The largest absolute Gasteiger partial charge is 0.383 e. The van der Waals surface area contributed by atoms with E-state index in [2.05, 4.69) is 34.0 Å². The second-order valence-electron chi connectivity index (χ2n) is 6.33. The van der Waals surface area contributed by atoms with E-state index in [0.29, 0.717) is 35.1 Å². The van der Waals surface area contributed by atoms with Crippen LogP contribution in [0, 0.1) is 11.8 Å². The van der Waals surface area contributed by atoms with E-state index < -0.39 is 0 Å². The van der Waals surface area contributed by atoms with Crippen LogP contribution in [0.15, 0.2) is 61.3 Å². The fraction of sp³-hybridized carbons (Fsp3) is 0.0870. The Balaban J connectivity index is 1.71. The number of hydrogen-bond donors (Lipinski definition) is 3. The van der Waals surface area contributed by atoms with Crippen LogP contribution in [-0.4, -0.2) is 29.9 Å². The van der Waals surface area contributed by atoms with E-state index in [1.165, 1.54) is 6.08 Å². The first kappa shape index (κ1) is 20.9. The normalized spacial score (nSPS) is 10.0. The summed E-state index contributed by atoms with van der Waals surface area (Å²) in [5, 5.41) is 7.64. The molecule has 0 spiro atoms. The molecular weight excluding hydrogens is 400 g/mol. The summed E-state index contributed by atoms with van der Waals surface area (Å²) in [6, 6.07) is 12.3. The van der Waals surface area contributed by atoms with Crippen molar-refractivity contribution in [1.29, 1.82) is 0 Å². The number of nitrogens with two attached hydrogens (primary N) is 1. The summed E-state index contributed by atoms with van der Waals surface area (Å²) in [6.45, 7) is 4.00. The van der Waals surface area contributed by atoms with Gasteiger partial charge in [0.2, 0.25) is 5.91 Å². The Hall–Kier alpha value is -3.82. The van der Waals surface area contributed by atoms with Gasteiger partial charge in [0.25, 0.3) is 5.91 Å². The number of fused-ring (bicyclic) bond motifs is 1. The topological polar surface area (TPSA) is 97.1 Å². The summed E-state index contributed by atoms with van der Waals surface area (Å²) < 4.78 is 0. The average Bonchev–Trinajstić information content (AvgIpc) is 2.76. The molecule has 6 nitrogen and oxygen atoms in total. The van der Waals surface area contributed by atoms with Crippen LogP contribution in [0.3, 0.4) is 0 Å². The number of nitrogen functional groups attached to an aromatic ring is 1. The number of rotatable bonds is 5. The molecule has 150 valence electrons. The Labute approximate surface area is 179 Å². The molecule has 0 atom stereocenters. The molecule has 30 heavy (non-hydrogen) atoms. The fourth-order valence-corrected chi connectivity index (χ4v) is 2.88. The Morgan fingerprint density at radius 3 is 2.57 bits per heavy atom. The molecule has 2 aromatic carbocycles. The first-order valence-electron chi connectivity index (χ1n) is 9.12. The zero-order valence-corrected chi connectivity index (χ0v) is 16.8. The number of amides is 2. The zero-order valence-electron chi connectivity index (χ0n) is 16.0. The summed E-state index contributed by atoms with van der Waals surface area (Å²) in [5.41, 5.74) is 7.84. The summed E-state index contributed by atoms with van der Waals surface area (Å²) >= 11 is 6.10. The molecule has 3 rings (SSSR count). The minimum absolute atomic E-state index is 0.237. The molecule has 0 saturated heterocycles. The second kappa shape index (κ2) is 9.59. The lowest BCUT2D eigenvalue weighted by Gasteiger charge is -2.06. The minimum Gasteiger partial charge on any atom is -0.383 e. The third-order valence-corrected chi connectivity index (χ3v) is 4.49. The highest BCUT2D eigenvalue weighted by atomic mass is 35.5. The van der Waals surface area contributed by atoms with Gasteiger partial charge in [0.15, 0.2) is 0 Å². The van der Waals surface area contributed by atoms with Gasteiger partial charge in [-0.3, -0.25) is 9.59 Å². The number of nitrogens with zero attached hydrogens (tertiary/aromatic N) is 1. The minimum atomic E-state index is -0.281. The molecule has 0 bridgehead atoms. The summed E-state index contributed by atoms with van der Waals surface area (Å²) in [6.07, 6.45) is 2.86. The van der Waals surface area contributed by atoms with E-state index in [9.17, 15) is 9.59 Å². The molecule has 0 unspecified atom stereocenters. The van der Waals surface area contributed by atoms with E-state index in [-0.39, 0.29) is 11.8 Å². The van der Waals surface area contributed by atoms with Crippen LogP contribution in [0.4, 0.5) is 5.82 Å². The van der Waals surface area contributed by atoms with Crippen LogP contribution in [0.5, 0.6) is 0 Å². The lowest BCUT2D eigenvalue weighted by atomic mass is 10.1. The molecule has 7 heteroatoms. The number of halogens is 1. The van der Waals surface area contributed by atoms with Crippen molar-refractivity contribution in [3.8, 4) is 11.8 Å². The van der Waals surface area contributed by atoms with Crippen molar-refractivity contribution in [2.45, 2.75) is 0 Å². The molecule has 1 heterocycles. The van der Waals surface area contributed by atoms with Gasteiger partial charge in [0.1, 0.15) is 5.82 Å². The number of hydrogen-bond acceptors (Lipinski definition) is 4. The highest BCUT2D eigenvalue weighted by Gasteiger charge is 2.06. The van der Waals surface area contributed by atoms with E-state index >= 15 is 0 Å². The van der Waals surface area contributed by atoms with Crippen molar-refractivity contribution in [2.24, 2.45) is 0 Å². The van der Waals surface area contributed by atoms with Crippen molar-refractivity contribution < 1.29 is 9.59 Å². The van der Waals surface area contributed by atoms with Crippen molar-refractivity contribution >= 4 is 40.0 Å². The Morgan fingerprint density at radius 2 is 1.83 bits per heavy atom. The SMILES string of the molecule is C=CC(=O)NCCNC(=O)c1ccc(C#Cc2c(N)ncc3ccc(Cl)cc23)cc1. The monoisotopic (exact) mass is 418 g/mol. The predicted molar refractivity (Wildman–Crippen MR) is 119 cm³/mol. The molecule has 3 aromatic rings. The van der Waals surface area contributed by atoms with E-state index in [1.807, 2.05) is 12.1 Å². The highest BCUT2D eigenvalue weighted by molar-refractivity contribution is 6.31. The van der Waals surface area contributed by atoms with Crippen LogP contribution in [0.1, 0.15) is 21.5 Å². The second-order valence-corrected chi connectivity index (χ2v) is 6.76. The van der Waals surface area contributed by atoms with E-state index in [4.69, 9.17) is 17.3 Å². The quantitative estimate of drug-likeness (QED) is 0.337. The van der Waals surface area contributed by atoms with Gasteiger partial charge >= 0.3 is 0 Å². The van der Waals surface area contributed by atoms with Gasteiger partial charge in [-0.05, 0) is 42.5 Å². The van der Waals surface area contributed by atoms with Gasteiger partial charge in [0, 0.05) is 46.2 Å². The van der Waals surface area contributed by atoms with Crippen molar-refractivity contribution in [1.82, 2.24) is 15.6 Å². The maximum absolute atomic E-state index is 12.2. The molecule has 0 aliphatic heterocycles. The first-order chi connectivity index (χ1) is 14.5. The maximum Gasteiger partial charge on any atom is 0.251 e. The van der Waals surface area contributed by atoms with Gasteiger partial charge < -0.3 is 16.4 Å². The molecular formula is C23H19ClN4O2. The number of carbonyl (C=O) groups excluding carboxylic acids is 2. The third kappa shape index (κ3) is 5.16. The first-order valence-corrected chi connectivity index (χ1v) is 9.50. The maximum atomic E-state index is 12.2. The Morgan fingerprint density at radius 1 is 1.10 bits per heavy atom. The van der Waals surface area contributed by atoms with Crippen LogP contribution in [0.2, 0.25) is 5.02 Å². The van der Waals surface area contributed by atoms with Crippen LogP contribution in [0.25, 0.3) is 10.8 Å². The lowest BCUT2D eigenvalue weighted by molar-refractivity contribution is -0.116. The summed E-state index contributed by atoms with van der Waals surface area (Å²) in [7, 11) is 0. The van der Waals surface area contributed by atoms with Crippen LogP contribution >= 0.6 is 11.6 Å². The van der Waals surface area contributed by atoms with Gasteiger partial charge in [-0.25, -0.2) is 4.98 Å². The molecule has 4 N–H and O–H groups in total. The molecule has 0 aliphatic carbocycles. The summed E-state index contributed by atoms with van der Waals surface area (Å²) in [4.78, 5) is 27.4. The van der Waals surface area contributed by atoms with Crippen LogP contribution in [-0.2, 0) is 4.79 Å². The van der Waals surface area contributed by atoms with Crippen molar-refractivity contribution in [3.63, 3.8) is 0 Å². The lowest BCUT2D eigenvalue weighted by Crippen LogP contribution is -2.33. The van der Waals surface area contributed by atoms with Gasteiger partial charge in [0.05, 0.1) is 5.56 Å². The van der Waals surface area contributed by atoms with Crippen LogP contribution < -0.4 is 16.4 Å². The molecule has 0 fully saturated rings. The molecule has 0 saturated carbocycles. The molecule has 2 amide bonds. The third-order valence-electron chi connectivity index (χ3n) is 4.26. The molecule has 1 aromatic heterocycles. The summed E-state index contributed by atoms with van der Waals surface area (Å²) in [5.74, 6) is 5.92. The number of anilines is 1. The number of pyridine rings is 1. The predicted octanol–water partition coefficient (Wildman–Crippen LogP) is 2.90. The standard InChI is InChI=1S/C23H19ClN4O2/c1-2-21(29)26-11-12-27-23(30)16-6-3-15(4-7-16)5-10-19-20-13-18(24)9-8-17(20)14-28-22(19)25/h2-4,6-9,13-14H,1,11-12H2,(H2,25,28)(H,26,29)(H,27,30). The Kier molecular flexibility index (Phi) is 6.68. The smallest absolute Gasteiger partial charge is 0.251 e. The van der Waals surface area contributed by atoms with Crippen molar-refractivity contribution in [3.05, 3.63) is 83.0 Å². The van der Waals surface area contributed by atoms with E-state index in [1.54, 1.807) is 36.5 Å². The highest BCUT2D eigenvalue weighted by Crippen LogP contribution is 2.24. The van der Waals surface area contributed by atoms with Gasteiger partial charge in [-0.1, -0.05) is 36.1 Å². The molecule has 0 aliphatic rings. The average molecular weight is 419 g/mol. The molecule has 0 radical (unpaired) electrons. The Bertz CT molecular complexity index is 1170. The van der Waals surface area contributed by atoms with Crippen molar-refractivity contribution in [2.75, 3.05) is 18.8 Å². The number of benzene rings is 2. The number of nitrogens with one attached hydrogen (secondary N) is 2. The van der Waals surface area contributed by atoms with E-state index in [0.717, 1.165) is 16.3 Å². The number of carbonyl (C=O) groups is 2. The zero-order chi connectivity index (χ0) is 21.5. The van der Waals surface area contributed by atoms with Gasteiger partial charge in [-0.2, -0.15) is 0 Å². The number of aromatic nitrogens is 1. The fourth-order valence-electron chi connectivity index (χ4n) is 2.71. The van der Waals surface area contributed by atoms with Gasteiger partial charge in [-0.15, -0.1) is 0 Å².